The van der Waals surface area contributed by atoms with E-state index in [1.807, 2.05) is 30.3 Å². The van der Waals surface area contributed by atoms with E-state index in [-0.39, 0.29) is 29.3 Å². The highest BCUT2D eigenvalue weighted by Crippen LogP contribution is 2.29. The maximum atomic E-state index is 14.0. The van der Waals surface area contributed by atoms with E-state index in [4.69, 9.17) is 4.74 Å². The Bertz CT molecular complexity index is 1200. The largest absolute Gasteiger partial charge is 0.495 e. The Kier molecular flexibility index (Phi) is 7.27. The molecule has 0 unspecified atom stereocenters. The van der Waals surface area contributed by atoms with E-state index in [0.29, 0.717) is 5.56 Å². The van der Waals surface area contributed by atoms with Crippen molar-refractivity contribution in [1.82, 2.24) is 9.21 Å². The van der Waals surface area contributed by atoms with Gasteiger partial charge >= 0.3 is 0 Å². The Balaban J connectivity index is 1.89. The topological polar surface area (TPSA) is 66.9 Å². The molecule has 3 rings (SSSR count). The molecule has 0 spiro atoms. The Morgan fingerprint density at radius 2 is 1.59 bits per heavy atom. The van der Waals surface area contributed by atoms with Crippen LogP contribution in [0.1, 0.15) is 21.5 Å². The van der Waals surface area contributed by atoms with E-state index < -0.39 is 21.7 Å². The van der Waals surface area contributed by atoms with Crippen molar-refractivity contribution >= 4 is 15.9 Å². The lowest BCUT2D eigenvalue weighted by Crippen LogP contribution is -2.29. The molecule has 0 aliphatic carbocycles. The smallest absolute Gasteiger partial charge is 0.253 e. The van der Waals surface area contributed by atoms with Crippen LogP contribution >= 0.6 is 0 Å². The summed E-state index contributed by atoms with van der Waals surface area (Å²) in [6.07, 6.45) is 0. The van der Waals surface area contributed by atoms with Crippen LogP contribution < -0.4 is 4.74 Å². The predicted molar refractivity (Wildman–Crippen MR) is 120 cm³/mol. The summed E-state index contributed by atoms with van der Waals surface area (Å²) in [5, 5.41) is 0. The predicted octanol–water partition coefficient (Wildman–Crippen LogP) is 3.93. The molecule has 168 valence electrons. The second-order valence-electron chi connectivity index (χ2n) is 7.36. The lowest BCUT2D eigenvalue weighted by molar-refractivity contribution is 0.0783. The van der Waals surface area contributed by atoms with Gasteiger partial charge in [-0.15, -0.1) is 0 Å². The third-order valence-electron chi connectivity index (χ3n) is 5.06. The molecule has 0 aromatic heterocycles. The molecule has 0 N–H and O–H groups in total. The number of carbonyl (C=O) groups is 1. The van der Waals surface area contributed by atoms with Gasteiger partial charge in [0.1, 0.15) is 16.5 Å². The summed E-state index contributed by atoms with van der Waals surface area (Å²) in [6.45, 7) is 0.214. The number of benzene rings is 3. The van der Waals surface area contributed by atoms with Crippen LogP contribution in [0.25, 0.3) is 0 Å². The fourth-order valence-corrected chi connectivity index (χ4v) is 4.62. The van der Waals surface area contributed by atoms with Crippen LogP contribution in [0, 0.1) is 5.82 Å². The van der Waals surface area contributed by atoms with E-state index in [1.54, 1.807) is 18.2 Å². The number of methoxy groups -OCH3 is 1. The minimum absolute atomic E-state index is 0.0491. The monoisotopic (exact) mass is 456 g/mol. The summed E-state index contributed by atoms with van der Waals surface area (Å²) in [5.74, 6) is -0.705. The Morgan fingerprint density at radius 3 is 2.25 bits per heavy atom. The van der Waals surface area contributed by atoms with Crippen LogP contribution in [-0.4, -0.2) is 44.7 Å². The van der Waals surface area contributed by atoms with Gasteiger partial charge in [-0.3, -0.25) is 4.79 Å². The zero-order chi connectivity index (χ0) is 23.3. The first-order chi connectivity index (χ1) is 15.2. The molecule has 0 heterocycles. The molecular weight excluding hydrogens is 431 g/mol. The first kappa shape index (κ1) is 23.4. The van der Waals surface area contributed by atoms with Gasteiger partial charge in [-0.25, -0.2) is 12.8 Å². The number of nitrogens with zero attached hydrogens (tertiary/aromatic N) is 2. The molecule has 0 aliphatic heterocycles. The van der Waals surface area contributed by atoms with Crippen LogP contribution in [0.2, 0.25) is 0 Å². The van der Waals surface area contributed by atoms with E-state index >= 15 is 0 Å². The molecule has 0 saturated heterocycles. The van der Waals surface area contributed by atoms with Crippen molar-refractivity contribution in [2.45, 2.75) is 18.0 Å². The number of ether oxygens (including phenoxy) is 1. The molecule has 6 nitrogen and oxygen atoms in total. The Hall–Kier alpha value is -3.23. The molecule has 3 aromatic rings. The minimum Gasteiger partial charge on any atom is -0.495 e. The molecule has 32 heavy (non-hydrogen) atoms. The van der Waals surface area contributed by atoms with Crippen LogP contribution in [0.3, 0.4) is 0 Å². The molecule has 0 aliphatic rings. The summed E-state index contributed by atoms with van der Waals surface area (Å²) in [4.78, 5) is 14.2. The molecule has 3 aromatic carbocycles. The van der Waals surface area contributed by atoms with Gasteiger partial charge in [0.15, 0.2) is 0 Å². The molecule has 8 heteroatoms. The molecule has 0 saturated carbocycles. The average Bonchev–Trinajstić information content (AvgIpc) is 2.80. The van der Waals surface area contributed by atoms with Crippen LogP contribution in [0.5, 0.6) is 5.75 Å². The van der Waals surface area contributed by atoms with Gasteiger partial charge < -0.3 is 9.64 Å². The second-order valence-corrected chi connectivity index (χ2v) is 9.38. The molecule has 0 atom stereocenters. The highest BCUT2D eigenvalue weighted by atomic mass is 32.2. The lowest BCUT2D eigenvalue weighted by atomic mass is 10.1. The zero-order valence-corrected chi connectivity index (χ0v) is 19.0. The zero-order valence-electron chi connectivity index (χ0n) is 18.2. The summed E-state index contributed by atoms with van der Waals surface area (Å²) < 4.78 is 47.0. The summed E-state index contributed by atoms with van der Waals surface area (Å²) in [7, 11) is 0.432. The maximum absolute atomic E-state index is 14.0. The van der Waals surface area contributed by atoms with Gasteiger partial charge in [0.2, 0.25) is 10.0 Å². The number of hydrogen-bond acceptors (Lipinski definition) is 4. The number of sulfonamides is 1. The van der Waals surface area contributed by atoms with Crippen molar-refractivity contribution in [3.8, 4) is 5.75 Å². The number of halogens is 1. The first-order valence-corrected chi connectivity index (χ1v) is 11.3. The molecule has 1 amide bonds. The van der Waals surface area contributed by atoms with Crippen molar-refractivity contribution < 1.29 is 22.3 Å². The Labute approximate surface area is 187 Å². The van der Waals surface area contributed by atoms with Crippen LogP contribution in [0.15, 0.2) is 77.7 Å². The van der Waals surface area contributed by atoms with Gasteiger partial charge in [0, 0.05) is 38.3 Å². The maximum Gasteiger partial charge on any atom is 0.253 e. The number of amides is 1. The summed E-state index contributed by atoms with van der Waals surface area (Å²) in [6, 6.07) is 19.6. The van der Waals surface area contributed by atoms with Gasteiger partial charge in [-0.05, 0) is 29.8 Å². The molecule has 0 bridgehead atoms. The van der Waals surface area contributed by atoms with Crippen LogP contribution in [-0.2, 0) is 23.1 Å². The van der Waals surface area contributed by atoms with E-state index in [1.165, 1.54) is 54.7 Å². The van der Waals surface area contributed by atoms with Crippen LogP contribution in [0.4, 0.5) is 4.39 Å². The van der Waals surface area contributed by atoms with Crippen molar-refractivity contribution in [3.05, 3.63) is 95.3 Å². The third kappa shape index (κ3) is 5.15. The van der Waals surface area contributed by atoms with Crippen molar-refractivity contribution in [3.63, 3.8) is 0 Å². The normalized spacial score (nSPS) is 11.4. The van der Waals surface area contributed by atoms with Gasteiger partial charge in [-0.2, -0.15) is 4.31 Å². The van der Waals surface area contributed by atoms with E-state index in [9.17, 15) is 17.6 Å². The van der Waals surface area contributed by atoms with Gasteiger partial charge in [0.25, 0.3) is 5.91 Å². The molecule has 0 fully saturated rings. The standard InChI is InChI=1S/C24H25FN2O4S/c1-26(17-20-11-7-8-12-21(20)25)24(28)19-13-14-22(31-3)23(15-19)32(29,30)27(2)16-18-9-5-4-6-10-18/h4-15H,16-17H2,1-3H3. The van der Waals surface area contributed by atoms with Crippen molar-refractivity contribution in [1.29, 1.82) is 0 Å². The number of rotatable bonds is 8. The highest BCUT2D eigenvalue weighted by Gasteiger charge is 2.27. The SMILES string of the molecule is COc1ccc(C(=O)N(C)Cc2ccccc2F)cc1S(=O)(=O)N(C)Cc1ccccc1. The van der Waals surface area contributed by atoms with E-state index in [2.05, 4.69) is 0 Å². The van der Waals surface area contributed by atoms with Crippen molar-refractivity contribution in [2.24, 2.45) is 0 Å². The summed E-state index contributed by atoms with van der Waals surface area (Å²) >= 11 is 0. The van der Waals surface area contributed by atoms with E-state index in [0.717, 1.165) is 5.56 Å². The third-order valence-corrected chi connectivity index (χ3v) is 6.88. The highest BCUT2D eigenvalue weighted by molar-refractivity contribution is 7.89. The van der Waals surface area contributed by atoms with Crippen molar-refractivity contribution in [2.75, 3.05) is 21.2 Å². The fraction of sp³-hybridized carbons (Fsp3) is 0.208. The second kappa shape index (κ2) is 9.93. The summed E-state index contributed by atoms with van der Waals surface area (Å²) in [5.41, 5.74) is 1.36. The molecular formula is C24H25FN2O4S. The minimum atomic E-state index is -3.95. The molecule has 0 radical (unpaired) electrons. The Morgan fingerprint density at radius 1 is 0.938 bits per heavy atom. The van der Waals surface area contributed by atoms with Gasteiger partial charge in [-0.1, -0.05) is 48.5 Å². The lowest BCUT2D eigenvalue weighted by Gasteiger charge is -2.21. The average molecular weight is 457 g/mol. The fourth-order valence-electron chi connectivity index (χ4n) is 3.28. The number of hydrogen-bond donors (Lipinski definition) is 0. The first-order valence-electron chi connectivity index (χ1n) is 9.91. The quantitative estimate of drug-likeness (QED) is 0.515. The van der Waals surface area contributed by atoms with Gasteiger partial charge in [0.05, 0.1) is 7.11 Å². The number of carbonyl (C=O) groups excluding carboxylic acids is 1.